The van der Waals surface area contributed by atoms with Crippen molar-refractivity contribution in [2.24, 2.45) is 0 Å². The number of hydrogen-bond acceptors (Lipinski definition) is 4. The summed E-state index contributed by atoms with van der Waals surface area (Å²) in [5.41, 5.74) is -1.02. The van der Waals surface area contributed by atoms with E-state index in [0.717, 1.165) is 11.5 Å². The Kier molecular flexibility index (Phi) is 11.7. The molecule has 8 rings (SSSR count). The van der Waals surface area contributed by atoms with Gasteiger partial charge in [-0.15, -0.1) is 0 Å². The van der Waals surface area contributed by atoms with Gasteiger partial charge in [0.1, 0.15) is 23.1 Å². The molecule has 6 nitrogen and oxygen atoms in total. The third-order valence-electron chi connectivity index (χ3n) is 10.8. The fourth-order valence-corrected chi connectivity index (χ4v) is 7.73. The van der Waals surface area contributed by atoms with E-state index in [1.165, 1.54) is 53.9 Å². The Morgan fingerprint density at radius 1 is 0.707 bits per heavy atom. The normalized spacial score (nSPS) is 19.9. The second-order valence-electron chi connectivity index (χ2n) is 15.5. The predicted octanol–water partition coefficient (Wildman–Crippen LogP) is 11.1. The zero-order valence-electron chi connectivity index (χ0n) is 31.9. The average molecular weight is 815 g/mol. The van der Waals surface area contributed by atoms with Crippen molar-refractivity contribution in [2.45, 2.75) is 81.7 Å². The van der Waals surface area contributed by atoms with E-state index in [4.69, 9.17) is 9.47 Å². The molecule has 0 amide bonds. The van der Waals surface area contributed by atoms with Gasteiger partial charge >= 0.3 is 12.4 Å². The third kappa shape index (κ3) is 9.33. The van der Waals surface area contributed by atoms with E-state index in [-0.39, 0.29) is 26.1 Å². The number of hydrogen-bond donors (Lipinski definition) is 3. The van der Waals surface area contributed by atoms with Crippen LogP contribution in [0.2, 0.25) is 0 Å². The molecule has 0 fully saturated rings. The molecule has 3 unspecified atom stereocenters. The summed E-state index contributed by atoms with van der Waals surface area (Å²) < 4.78 is 117. The van der Waals surface area contributed by atoms with Crippen LogP contribution in [0.25, 0.3) is 21.8 Å². The number of carbonyl (C=O) groups is 1. The minimum atomic E-state index is -4.87. The number of benzene rings is 4. The summed E-state index contributed by atoms with van der Waals surface area (Å²) in [4.78, 5) is 17.4. The van der Waals surface area contributed by atoms with Gasteiger partial charge in [-0.05, 0) is 97.6 Å². The number of H-pyrrole nitrogens is 2. The topological polar surface area (TPSA) is 87.3 Å². The number of aromatic amines is 2. The van der Waals surface area contributed by atoms with Crippen molar-refractivity contribution in [3.8, 4) is 11.5 Å². The molecule has 0 aliphatic carbocycles. The molecule has 58 heavy (non-hydrogen) atoms. The number of aliphatic hydroxyl groups is 1. The molecule has 4 heterocycles. The summed E-state index contributed by atoms with van der Waals surface area (Å²) in [7, 11) is 0. The zero-order valence-corrected chi connectivity index (χ0v) is 31.9. The maximum atomic E-state index is 14.1. The highest BCUT2D eigenvalue weighted by molar-refractivity contribution is 5.85. The van der Waals surface area contributed by atoms with Gasteiger partial charge in [-0.2, -0.15) is 26.3 Å². The Morgan fingerprint density at radius 3 is 1.72 bits per heavy atom. The third-order valence-corrected chi connectivity index (χ3v) is 10.8. The van der Waals surface area contributed by atoms with Gasteiger partial charge in [0.25, 0.3) is 0 Å². The van der Waals surface area contributed by atoms with Gasteiger partial charge in [0, 0.05) is 57.2 Å². The summed E-state index contributed by atoms with van der Waals surface area (Å²) in [6, 6.07) is 26.7. The molecule has 0 radical (unpaired) electrons. The molecule has 2 aromatic heterocycles. The quantitative estimate of drug-likeness (QED) is 0.146. The van der Waals surface area contributed by atoms with Gasteiger partial charge in [-0.1, -0.05) is 50.2 Å². The Balaban J connectivity index is 0.000000166. The van der Waals surface area contributed by atoms with Crippen molar-refractivity contribution in [1.82, 2.24) is 9.97 Å². The van der Waals surface area contributed by atoms with Crippen LogP contribution >= 0.6 is 0 Å². The van der Waals surface area contributed by atoms with Crippen LogP contribution in [0, 0.1) is 18.6 Å². The molecule has 0 spiro atoms. The van der Waals surface area contributed by atoms with Crippen molar-refractivity contribution >= 4 is 27.6 Å². The van der Waals surface area contributed by atoms with E-state index in [1.807, 2.05) is 6.07 Å². The number of rotatable bonds is 6. The second kappa shape index (κ2) is 16.1. The molecule has 3 atom stereocenters. The fourth-order valence-electron chi connectivity index (χ4n) is 7.73. The lowest BCUT2D eigenvalue weighted by molar-refractivity contribution is -0.267. The van der Waals surface area contributed by atoms with Gasteiger partial charge in [0.15, 0.2) is 5.60 Å². The maximum Gasteiger partial charge on any atom is 0.450 e. The highest BCUT2D eigenvalue weighted by atomic mass is 19.4. The van der Waals surface area contributed by atoms with Gasteiger partial charge in [-0.25, -0.2) is 8.78 Å². The molecule has 4 aromatic carbocycles. The highest BCUT2D eigenvalue weighted by Crippen LogP contribution is 2.49. The lowest BCUT2D eigenvalue weighted by Gasteiger charge is -2.42. The monoisotopic (exact) mass is 814 g/mol. The van der Waals surface area contributed by atoms with Crippen molar-refractivity contribution in [3.05, 3.63) is 131 Å². The van der Waals surface area contributed by atoms with Gasteiger partial charge in [0.2, 0.25) is 5.78 Å². The molecule has 6 aromatic rings. The largest absolute Gasteiger partial charge is 0.493 e. The molecule has 0 saturated carbocycles. The lowest BCUT2D eigenvalue weighted by Crippen LogP contribution is -2.52. The molecule has 308 valence electrons. The van der Waals surface area contributed by atoms with Crippen molar-refractivity contribution < 1.29 is 54.5 Å². The minimum absolute atomic E-state index is 0.204. The summed E-state index contributed by atoms with van der Waals surface area (Å²) in [5.74, 6) is -2.21. The number of ether oxygens (including phenoxy) is 2. The number of aromatic nitrogens is 2. The first kappa shape index (κ1) is 42.2. The van der Waals surface area contributed by atoms with Crippen LogP contribution in [0.5, 0.6) is 11.5 Å². The second-order valence-corrected chi connectivity index (χ2v) is 15.5. The number of nitrogens with one attached hydrogen (secondary N) is 2. The summed E-state index contributed by atoms with van der Waals surface area (Å²) in [5, 5.41) is 12.9. The minimum Gasteiger partial charge on any atom is -0.493 e. The van der Waals surface area contributed by atoms with Gasteiger partial charge < -0.3 is 24.5 Å². The molecular formula is C44H42F8N2O4. The maximum absolute atomic E-state index is 14.1. The molecule has 0 saturated heterocycles. The summed E-state index contributed by atoms with van der Waals surface area (Å²) >= 11 is 0. The Hall–Kier alpha value is -5.37. The Labute approximate surface area is 329 Å². The van der Waals surface area contributed by atoms with Crippen molar-refractivity contribution in [2.75, 3.05) is 13.2 Å². The number of carbonyl (C=O) groups excluding carboxylic acids is 1. The van der Waals surface area contributed by atoms with E-state index >= 15 is 0 Å². The van der Waals surface area contributed by atoms with Crippen LogP contribution in [0.1, 0.15) is 62.0 Å². The van der Waals surface area contributed by atoms with Crippen LogP contribution in [0.15, 0.2) is 97.1 Å². The number of ketones is 1. The van der Waals surface area contributed by atoms with Crippen LogP contribution in [0.3, 0.4) is 0 Å². The first-order valence-corrected chi connectivity index (χ1v) is 18.5. The number of aryl methyl sites for hydroxylation is 1. The van der Waals surface area contributed by atoms with E-state index < -0.39 is 65.5 Å². The number of halogens is 8. The zero-order chi connectivity index (χ0) is 42.1. The molecule has 3 N–H and O–H groups in total. The van der Waals surface area contributed by atoms with Crippen LogP contribution in [-0.2, 0) is 22.0 Å². The average Bonchev–Trinajstić information content (AvgIpc) is 3.73. The molecule has 0 bridgehead atoms. The highest BCUT2D eigenvalue weighted by Gasteiger charge is 2.57. The van der Waals surface area contributed by atoms with Crippen molar-refractivity contribution in [3.63, 3.8) is 0 Å². The number of fused-ring (bicyclic) bond motifs is 4. The lowest BCUT2D eigenvalue weighted by atomic mass is 9.69. The van der Waals surface area contributed by atoms with Gasteiger partial charge in [0.05, 0.1) is 13.2 Å². The number of alkyl halides is 6. The van der Waals surface area contributed by atoms with E-state index in [9.17, 15) is 45.0 Å². The van der Waals surface area contributed by atoms with Crippen LogP contribution in [-0.4, -0.2) is 52.0 Å². The SMILES string of the molecule is CC1(CC(=O)C(F)(F)F)CCOc2ccc(F)cc21.CC1(CC(O)(Cc2cc3ccccc3[nH]2)C(F)(F)F)CCOc2ccc(F)cc21.Cc1cc2ccccc2[nH]1. The molecule has 2 aliphatic rings. The van der Waals surface area contributed by atoms with E-state index in [2.05, 4.69) is 41.2 Å². The number of Topliss-reactive ketones (excluding diaryl/α,β-unsaturated/α-hetero) is 1. The van der Waals surface area contributed by atoms with E-state index in [1.54, 1.807) is 37.3 Å². The summed E-state index contributed by atoms with van der Waals surface area (Å²) in [6.07, 6.45) is -11.2. The molecule has 2 aliphatic heterocycles. The summed E-state index contributed by atoms with van der Waals surface area (Å²) in [6.45, 7) is 5.63. The van der Waals surface area contributed by atoms with Crippen LogP contribution < -0.4 is 9.47 Å². The Bertz CT molecular complexity index is 2340. The van der Waals surface area contributed by atoms with Gasteiger partial charge in [-0.3, -0.25) is 4.79 Å². The van der Waals surface area contributed by atoms with Crippen molar-refractivity contribution in [1.29, 1.82) is 0 Å². The molecular weight excluding hydrogens is 772 g/mol. The standard InChI is InChI=1S/C22H21F4NO2.C13H12F4O2.C9H9N/c1-20(8-9-29-19-7-6-15(23)11-17(19)20)13-21(28,22(24,25)26)12-16-10-14-4-2-3-5-18(14)27-16;1-12(7-11(18)13(15,16)17)4-5-19-10-3-2-8(14)6-9(10)12;1-7-6-8-4-2-3-5-9(8)10-7/h2-7,10-11,27-28H,8-9,12-13H2,1H3;2-3,6H,4-5,7H2,1H3;2-6,10H,1H3. The first-order valence-electron chi connectivity index (χ1n) is 18.5. The smallest absolute Gasteiger partial charge is 0.450 e. The Morgan fingerprint density at radius 2 is 1.21 bits per heavy atom. The fraction of sp³-hybridized carbons (Fsp3) is 0.341. The number of para-hydroxylation sites is 2. The first-order chi connectivity index (χ1) is 27.2. The predicted molar refractivity (Wildman–Crippen MR) is 204 cm³/mol. The van der Waals surface area contributed by atoms with E-state index in [0.29, 0.717) is 33.8 Å². The van der Waals surface area contributed by atoms with Crippen LogP contribution in [0.4, 0.5) is 35.1 Å². The molecule has 14 heteroatoms.